The number of ether oxygens (including phenoxy) is 1. The van der Waals surface area contributed by atoms with E-state index in [1.807, 2.05) is 30.3 Å². The average Bonchev–Trinajstić information content (AvgIpc) is 2.93. The maximum absolute atomic E-state index is 6.44. The Hall–Kier alpha value is -0.690. The smallest absolute Gasteiger partial charge is 0.119 e. The Bertz CT molecular complexity index is 319. The van der Waals surface area contributed by atoms with Crippen LogP contribution < -0.4 is 4.74 Å². The van der Waals surface area contributed by atoms with E-state index in [0.29, 0.717) is 5.38 Å². The highest BCUT2D eigenvalue weighted by atomic mass is 35.5. The van der Waals surface area contributed by atoms with Crippen molar-refractivity contribution in [2.24, 2.45) is 5.92 Å². The van der Waals surface area contributed by atoms with Crippen molar-refractivity contribution in [3.63, 3.8) is 0 Å². The normalized spacial score (nSPS) is 17.8. The van der Waals surface area contributed by atoms with Crippen LogP contribution in [0.4, 0.5) is 0 Å². The van der Waals surface area contributed by atoms with Crippen LogP contribution in [0.25, 0.3) is 0 Å². The van der Waals surface area contributed by atoms with Gasteiger partial charge >= 0.3 is 0 Å². The Morgan fingerprint density at radius 1 is 1.11 bits per heavy atom. The van der Waals surface area contributed by atoms with E-state index in [1.54, 1.807) is 0 Å². The second-order valence-corrected chi connectivity index (χ2v) is 5.78. The largest absolute Gasteiger partial charge is 0.494 e. The molecule has 2 heteroatoms. The Balaban J connectivity index is 1.53. The van der Waals surface area contributed by atoms with Crippen molar-refractivity contribution < 1.29 is 4.74 Å². The molecule has 1 aliphatic carbocycles. The standard InChI is InChI=1S/C16H23ClO/c17-16(14-8-4-5-9-14)12-6-7-13-18-15-10-2-1-3-11-15/h1-3,10-11,14,16H,4-9,12-13H2. The molecule has 0 N–H and O–H groups in total. The van der Waals surface area contributed by atoms with Gasteiger partial charge in [0, 0.05) is 5.38 Å². The highest BCUT2D eigenvalue weighted by molar-refractivity contribution is 6.20. The zero-order chi connectivity index (χ0) is 12.6. The van der Waals surface area contributed by atoms with Crippen LogP contribution in [0.2, 0.25) is 0 Å². The summed E-state index contributed by atoms with van der Waals surface area (Å²) in [5.41, 5.74) is 0. The number of benzene rings is 1. The molecule has 0 heterocycles. The van der Waals surface area contributed by atoms with Gasteiger partial charge < -0.3 is 4.74 Å². The molecule has 18 heavy (non-hydrogen) atoms. The molecule has 1 nitrogen and oxygen atoms in total. The number of halogens is 1. The number of rotatable bonds is 7. The summed E-state index contributed by atoms with van der Waals surface area (Å²) < 4.78 is 5.67. The average molecular weight is 267 g/mol. The lowest BCUT2D eigenvalue weighted by Crippen LogP contribution is -2.11. The van der Waals surface area contributed by atoms with Gasteiger partial charge in [-0.15, -0.1) is 11.6 Å². The van der Waals surface area contributed by atoms with Crippen molar-refractivity contribution in [2.75, 3.05) is 6.61 Å². The van der Waals surface area contributed by atoms with E-state index in [4.69, 9.17) is 16.3 Å². The van der Waals surface area contributed by atoms with Gasteiger partial charge in [0.1, 0.15) is 5.75 Å². The second-order valence-electron chi connectivity index (χ2n) is 5.22. The molecule has 0 saturated heterocycles. The maximum atomic E-state index is 6.44. The SMILES string of the molecule is ClC(CCCCOc1ccccc1)C1CCCC1. The first kappa shape index (κ1) is 13.7. The van der Waals surface area contributed by atoms with Gasteiger partial charge in [0.05, 0.1) is 6.61 Å². The fourth-order valence-electron chi connectivity index (χ4n) is 2.70. The summed E-state index contributed by atoms with van der Waals surface area (Å²) in [6.45, 7) is 0.804. The van der Waals surface area contributed by atoms with E-state index >= 15 is 0 Å². The predicted octanol–water partition coefficient (Wildman–Crippen LogP) is 5.03. The van der Waals surface area contributed by atoms with Crippen LogP contribution in [-0.2, 0) is 0 Å². The van der Waals surface area contributed by atoms with Crippen LogP contribution in [0, 0.1) is 5.92 Å². The van der Waals surface area contributed by atoms with Crippen LogP contribution in [0.15, 0.2) is 30.3 Å². The molecule has 0 radical (unpaired) electrons. The van der Waals surface area contributed by atoms with Gasteiger partial charge in [-0.25, -0.2) is 0 Å². The third kappa shape index (κ3) is 4.53. The molecule has 0 bridgehead atoms. The zero-order valence-electron chi connectivity index (χ0n) is 11.0. The summed E-state index contributed by atoms with van der Waals surface area (Å²) in [6.07, 6.45) is 8.87. The van der Waals surface area contributed by atoms with Gasteiger partial charge in [-0.2, -0.15) is 0 Å². The highest BCUT2D eigenvalue weighted by Gasteiger charge is 2.22. The Morgan fingerprint density at radius 3 is 2.56 bits per heavy atom. The van der Waals surface area contributed by atoms with Gasteiger partial charge in [0.15, 0.2) is 0 Å². The summed E-state index contributed by atoms with van der Waals surface area (Å²) in [6, 6.07) is 10.0. The molecular formula is C16H23ClO. The van der Waals surface area contributed by atoms with Gasteiger partial charge in [0.2, 0.25) is 0 Å². The third-order valence-corrected chi connectivity index (χ3v) is 4.37. The van der Waals surface area contributed by atoms with E-state index in [1.165, 1.54) is 32.1 Å². The molecule has 0 spiro atoms. The van der Waals surface area contributed by atoms with Crippen molar-refractivity contribution in [1.29, 1.82) is 0 Å². The van der Waals surface area contributed by atoms with Crippen molar-refractivity contribution in [3.05, 3.63) is 30.3 Å². The zero-order valence-corrected chi connectivity index (χ0v) is 11.7. The molecule has 1 fully saturated rings. The van der Waals surface area contributed by atoms with E-state index < -0.39 is 0 Å². The molecule has 0 aromatic heterocycles. The number of hydrogen-bond acceptors (Lipinski definition) is 1. The summed E-state index contributed by atoms with van der Waals surface area (Å²) in [5, 5.41) is 0.393. The molecule has 1 unspecified atom stereocenters. The highest BCUT2D eigenvalue weighted by Crippen LogP contribution is 2.32. The van der Waals surface area contributed by atoms with E-state index in [9.17, 15) is 0 Å². The molecule has 2 rings (SSSR count). The van der Waals surface area contributed by atoms with E-state index in [2.05, 4.69) is 0 Å². The summed E-state index contributed by atoms with van der Waals surface area (Å²) in [5.74, 6) is 1.75. The lowest BCUT2D eigenvalue weighted by atomic mass is 9.99. The lowest BCUT2D eigenvalue weighted by Gasteiger charge is -2.16. The Kier molecular flexibility index (Phi) is 5.86. The van der Waals surface area contributed by atoms with Crippen LogP contribution in [0.5, 0.6) is 5.75 Å². The molecular weight excluding hydrogens is 244 g/mol. The van der Waals surface area contributed by atoms with E-state index in [-0.39, 0.29) is 0 Å². The number of alkyl halides is 1. The quantitative estimate of drug-likeness (QED) is 0.497. The minimum atomic E-state index is 0.393. The molecule has 100 valence electrons. The number of hydrogen-bond donors (Lipinski definition) is 0. The molecule has 1 aromatic carbocycles. The molecule has 1 saturated carbocycles. The third-order valence-electron chi connectivity index (χ3n) is 3.80. The molecule has 0 aliphatic heterocycles. The molecule has 0 amide bonds. The lowest BCUT2D eigenvalue weighted by molar-refractivity contribution is 0.302. The van der Waals surface area contributed by atoms with Crippen LogP contribution in [0.1, 0.15) is 44.9 Å². The topological polar surface area (TPSA) is 9.23 Å². The van der Waals surface area contributed by atoms with Crippen LogP contribution in [-0.4, -0.2) is 12.0 Å². The number of unbranched alkanes of at least 4 members (excludes halogenated alkanes) is 1. The van der Waals surface area contributed by atoms with Gasteiger partial charge in [-0.1, -0.05) is 31.0 Å². The fourth-order valence-corrected chi connectivity index (χ4v) is 3.11. The minimum absolute atomic E-state index is 0.393. The van der Waals surface area contributed by atoms with Gasteiger partial charge in [0.25, 0.3) is 0 Å². The number of para-hydroxylation sites is 1. The van der Waals surface area contributed by atoms with Crippen molar-refractivity contribution >= 4 is 11.6 Å². The minimum Gasteiger partial charge on any atom is -0.494 e. The van der Waals surface area contributed by atoms with Crippen LogP contribution >= 0.6 is 11.6 Å². The molecule has 1 atom stereocenters. The monoisotopic (exact) mass is 266 g/mol. The first-order valence-corrected chi connectivity index (χ1v) is 7.62. The summed E-state index contributed by atoms with van der Waals surface area (Å²) >= 11 is 6.44. The van der Waals surface area contributed by atoms with Crippen molar-refractivity contribution in [1.82, 2.24) is 0 Å². The second kappa shape index (κ2) is 7.68. The van der Waals surface area contributed by atoms with Gasteiger partial charge in [-0.3, -0.25) is 0 Å². The summed E-state index contributed by atoms with van der Waals surface area (Å²) in [4.78, 5) is 0. The maximum Gasteiger partial charge on any atom is 0.119 e. The van der Waals surface area contributed by atoms with E-state index in [0.717, 1.165) is 31.1 Å². The predicted molar refractivity (Wildman–Crippen MR) is 77.4 cm³/mol. The Morgan fingerprint density at radius 2 is 1.83 bits per heavy atom. The van der Waals surface area contributed by atoms with Crippen molar-refractivity contribution in [2.45, 2.75) is 50.3 Å². The summed E-state index contributed by atoms with van der Waals surface area (Å²) in [7, 11) is 0. The Labute approximate surface area is 115 Å². The van der Waals surface area contributed by atoms with Crippen molar-refractivity contribution in [3.8, 4) is 5.75 Å². The molecule has 1 aromatic rings. The van der Waals surface area contributed by atoms with Gasteiger partial charge in [-0.05, 0) is 50.2 Å². The fraction of sp³-hybridized carbons (Fsp3) is 0.625. The first-order valence-electron chi connectivity index (χ1n) is 7.18. The molecule has 1 aliphatic rings. The first-order chi connectivity index (χ1) is 8.86. The van der Waals surface area contributed by atoms with Crippen LogP contribution in [0.3, 0.4) is 0 Å².